The number of rotatable bonds is 3. The number of hydrogen-bond donors (Lipinski definition) is 1. The van der Waals surface area contributed by atoms with Gasteiger partial charge in [-0.25, -0.2) is 0 Å². The Morgan fingerprint density at radius 1 is 1.38 bits per heavy atom. The number of tetrazole rings is 1. The molecular formula is C10H20N6. The Labute approximate surface area is 95.8 Å². The van der Waals surface area contributed by atoms with E-state index < -0.39 is 0 Å². The van der Waals surface area contributed by atoms with E-state index in [-0.39, 0.29) is 0 Å². The van der Waals surface area contributed by atoms with Crippen molar-refractivity contribution in [1.82, 2.24) is 25.1 Å². The van der Waals surface area contributed by atoms with E-state index >= 15 is 0 Å². The normalized spacial score (nSPS) is 26.2. The molecule has 1 saturated carbocycles. The molecule has 2 N–H and O–H groups in total. The Bertz CT molecular complexity index is 328. The molecule has 0 spiro atoms. The molecule has 16 heavy (non-hydrogen) atoms. The van der Waals surface area contributed by atoms with Gasteiger partial charge in [0.2, 0.25) is 0 Å². The van der Waals surface area contributed by atoms with Crippen molar-refractivity contribution >= 4 is 0 Å². The molecule has 0 radical (unpaired) electrons. The van der Waals surface area contributed by atoms with Crippen LogP contribution in [0.2, 0.25) is 0 Å². The summed E-state index contributed by atoms with van der Waals surface area (Å²) >= 11 is 0. The molecule has 1 aliphatic rings. The van der Waals surface area contributed by atoms with Crippen LogP contribution in [0.15, 0.2) is 0 Å². The van der Waals surface area contributed by atoms with Crippen LogP contribution < -0.4 is 5.73 Å². The largest absolute Gasteiger partial charge is 0.328 e. The van der Waals surface area contributed by atoms with Crippen molar-refractivity contribution < 1.29 is 0 Å². The summed E-state index contributed by atoms with van der Waals surface area (Å²) in [6.45, 7) is 0.772. The third-order valence-electron chi connectivity index (χ3n) is 3.31. The van der Waals surface area contributed by atoms with Gasteiger partial charge >= 0.3 is 0 Å². The molecule has 1 aliphatic carbocycles. The van der Waals surface area contributed by atoms with Crippen molar-refractivity contribution in [3.63, 3.8) is 0 Å². The molecule has 0 aliphatic heterocycles. The predicted molar refractivity (Wildman–Crippen MR) is 60.5 cm³/mol. The zero-order chi connectivity index (χ0) is 11.5. The number of nitrogens with zero attached hydrogens (tertiary/aromatic N) is 5. The van der Waals surface area contributed by atoms with Crippen LogP contribution in [0.4, 0.5) is 0 Å². The topological polar surface area (TPSA) is 72.9 Å². The van der Waals surface area contributed by atoms with Crippen LogP contribution in [0.25, 0.3) is 0 Å². The Balaban J connectivity index is 1.85. The Hall–Kier alpha value is -1.01. The molecule has 1 fully saturated rings. The summed E-state index contributed by atoms with van der Waals surface area (Å²) in [7, 11) is 3.91. The lowest BCUT2D eigenvalue weighted by Gasteiger charge is -2.32. The van der Waals surface area contributed by atoms with E-state index in [2.05, 4.69) is 27.4 Å². The number of hydrogen-bond acceptors (Lipinski definition) is 5. The van der Waals surface area contributed by atoms with Gasteiger partial charge in [0.15, 0.2) is 5.82 Å². The highest BCUT2D eigenvalue weighted by Gasteiger charge is 2.22. The maximum atomic E-state index is 5.90. The van der Waals surface area contributed by atoms with Gasteiger partial charge in [-0.2, -0.15) is 4.80 Å². The fraction of sp³-hybridized carbons (Fsp3) is 0.900. The van der Waals surface area contributed by atoms with Crippen molar-refractivity contribution in [3.05, 3.63) is 5.82 Å². The zero-order valence-corrected chi connectivity index (χ0v) is 10.0. The maximum Gasteiger partial charge on any atom is 0.188 e. The van der Waals surface area contributed by atoms with Crippen LogP contribution >= 0.6 is 0 Å². The van der Waals surface area contributed by atoms with Crippen molar-refractivity contribution in [1.29, 1.82) is 0 Å². The first-order valence-electron chi connectivity index (χ1n) is 5.84. The second kappa shape index (κ2) is 4.88. The molecule has 6 heteroatoms. The highest BCUT2D eigenvalue weighted by molar-refractivity contribution is 4.83. The van der Waals surface area contributed by atoms with E-state index in [1.165, 1.54) is 17.6 Å². The van der Waals surface area contributed by atoms with E-state index in [1.807, 2.05) is 0 Å². The number of aromatic nitrogens is 4. The Morgan fingerprint density at radius 2 is 2.06 bits per heavy atom. The molecule has 1 heterocycles. The predicted octanol–water partition coefficient (Wildman–Crippen LogP) is -0.0882. The monoisotopic (exact) mass is 224 g/mol. The first kappa shape index (κ1) is 11.5. The summed E-state index contributed by atoms with van der Waals surface area (Å²) in [6, 6.07) is 1.02. The number of aryl methyl sites for hydroxylation is 1. The second-order valence-corrected chi connectivity index (χ2v) is 4.68. The van der Waals surface area contributed by atoms with Crippen molar-refractivity contribution in [3.8, 4) is 0 Å². The highest BCUT2D eigenvalue weighted by Crippen LogP contribution is 2.21. The van der Waals surface area contributed by atoms with Gasteiger partial charge < -0.3 is 5.73 Å². The lowest BCUT2D eigenvalue weighted by molar-refractivity contribution is 0.172. The molecule has 0 aromatic carbocycles. The SMILES string of the molecule is CN(Cc1nnn(C)n1)C1CCC(N)CC1. The van der Waals surface area contributed by atoms with Gasteiger partial charge in [0.05, 0.1) is 13.6 Å². The summed E-state index contributed by atoms with van der Waals surface area (Å²) < 4.78 is 0. The summed E-state index contributed by atoms with van der Waals surface area (Å²) in [5, 5.41) is 12.0. The van der Waals surface area contributed by atoms with Gasteiger partial charge in [0.25, 0.3) is 0 Å². The van der Waals surface area contributed by atoms with Gasteiger partial charge in [-0.1, -0.05) is 0 Å². The van der Waals surface area contributed by atoms with Gasteiger partial charge in [-0.3, -0.25) is 4.90 Å². The molecule has 0 amide bonds. The summed E-state index contributed by atoms with van der Waals surface area (Å²) in [5.41, 5.74) is 5.90. The maximum absolute atomic E-state index is 5.90. The lowest BCUT2D eigenvalue weighted by atomic mass is 9.91. The minimum Gasteiger partial charge on any atom is -0.328 e. The minimum absolute atomic E-state index is 0.402. The smallest absolute Gasteiger partial charge is 0.188 e. The Morgan fingerprint density at radius 3 is 2.62 bits per heavy atom. The number of nitrogens with two attached hydrogens (primary N) is 1. The van der Waals surface area contributed by atoms with Gasteiger partial charge in [0.1, 0.15) is 0 Å². The van der Waals surface area contributed by atoms with E-state index in [4.69, 9.17) is 5.73 Å². The van der Waals surface area contributed by atoms with Crippen LogP contribution in [0.1, 0.15) is 31.5 Å². The standard InChI is InChI=1S/C10H20N6/c1-15(7-10-12-14-16(2)13-10)9-5-3-8(11)4-6-9/h8-9H,3-7,11H2,1-2H3. The fourth-order valence-corrected chi connectivity index (χ4v) is 2.28. The third-order valence-corrected chi connectivity index (χ3v) is 3.31. The summed E-state index contributed by atoms with van der Waals surface area (Å²) in [6.07, 6.45) is 4.61. The minimum atomic E-state index is 0.402. The average molecular weight is 224 g/mol. The molecule has 0 atom stereocenters. The van der Waals surface area contributed by atoms with Crippen molar-refractivity contribution in [2.45, 2.75) is 44.3 Å². The summed E-state index contributed by atoms with van der Waals surface area (Å²) in [5.74, 6) is 0.792. The average Bonchev–Trinajstić information content (AvgIpc) is 2.65. The molecule has 0 saturated heterocycles. The molecule has 2 rings (SSSR count). The van der Waals surface area contributed by atoms with Gasteiger partial charge in [-0.15, -0.1) is 10.2 Å². The van der Waals surface area contributed by atoms with Crippen molar-refractivity contribution in [2.24, 2.45) is 12.8 Å². The van der Waals surface area contributed by atoms with E-state index in [0.29, 0.717) is 12.1 Å². The molecule has 1 aromatic heterocycles. The molecular weight excluding hydrogens is 204 g/mol. The molecule has 0 unspecified atom stereocenters. The molecule has 90 valence electrons. The Kier molecular flexibility index (Phi) is 3.50. The van der Waals surface area contributed by atoms with Crippen LogP contribution in [-0.4, -0.2) is 44.2 Å². The fourth-order valence-electron chi connectivity index (χ4n) is 2.28. The van der Waals surface area contributed by atoms with E-state index in [0.717, 1.165) is 25.2 Å². The highest BCUT2D eigenvalue weighted by atomic mass is 15.6. The third kappa shape index (κ3) is 2.76. The molecule has 6 nitrogen and oxygen atoms in total. The first-order valence-corrected chi connectivity index (χ1v) is 5.84. The van der Waals surface area contributed by atoms with Gasteiger partial charge in [-0.05, 0) is 37.9 Å². The van der Waals surface area contributed by atoms with Crippen LogP contribution in [-0.2, 0) is 13.6 Å². The molecule has 1 aromatic rings. The molecule has 0 bridgehead atoms. The lowest BCUT2D eigenvalue weighted by Crippen LogP contribution is -2.38. The van der Waals surface area contributed by atoms with Crippen molar-refractivity contribution in [2.75, 3.05) is 7.05 Å². The van der Waals surface area contributed by atoms with Crippen LogP contribution in [0, 0.1) is 0 Å². The van der Waals surface area contributed by atoms with Crippen LogP contribution in [0.5, 0.6) is 0 Å². The van der Waals surface area contributed by atoms with Crippen LogP contribution in [0.3, 0.4) is 0 Å². The first-order chi connectivity index (χ1) is 7.65. The van der Waals surface area contributed by atoms with Gasteiger partial charge in [0, 0.05) is 12.1 Å². The summed E-state index contributed by atoms with van der Waals surface area (Å²) in [4.78, 5) is 3.81. The van der Waals surface area contributed by atoms with E-state index in [1.54, 1.807) is 7.05 Å². The quantitative estimate of drug-likeness (QED) is 0.777. The zero-order valence-electron chi connectivity index (χ0n) is 10.0. The second-order valence-electron chi connectivity index (χ2n) is 4.68. The van der Waals surface area contributed by atoms with E-state index in [9.17, 15) is 0 Å².